The van der Waals surface area contributed by atoms with Crippen LogP contribution in [-0.4, -0.2) is 53.2 Å². The molecule has 0 aromatic carbocycles. The molecule has 0 bridgehead atoms. The average molecular weight is 291 g/mol. The van der Waals surface area contributed by atoms with E-state index in [0.717, 1.165) is 44.6 Å². The lowest BCUT2D eigenvalue weighted by atomic mass is 10.0. The van der Waals surface area contributed by atoms with Crippen LogP contribution in [0.3, 0.4) is 0 Å². The Hall–Kier alpha value is -1.69. The first-order valence-electron chi connectivity index (χ1n) is 7.68. The average Bonchev–Trinajstić information content (AvgIpc) is 2.54. The van der Waals surface area contributed by atoms with Crippen molar-refractivity contribution in [1.82, 2.24) is 15.1 Å². The molecule has 6 nitrogen and oxygen atoms in total. The van der Waals surface area contributed by atoms with Crippen molar-refractivity contribution in [2.45, 2.75) is 44.7 Å². The first-order valence-corrected chi connectivity index (χ1v) is 7.68. The number of nitrogens with two attached hydrogens (primary N) is 1. The van der Waals surface area contributed by atoms with E-state index in [0.29, 0.717) is 0 Å². The molecule has 1 aliphatic rings. The Bertz CT molecular complexity index is 453. The zero-order valence-electron chi connectivity index (χ0n) is 12.9. The molecule has 2 unspecified atom stereocenters. The van der Waals surface area contributed by atoms with E-state index >= 15 is 0 Å². The van der Waals surface area contributed by atoms with Crippen LogP contribution >= 0.6 is 0 Å². The van der Waals surface area contributed by atoms with Gasteiger partial charge in [0.1, 0.15) is 0 Å². The van der Waals surface area contributed by atoms with E-state index < -0.39 is 0 Å². The molecule has 0 spiro atoms. The van der Waals surface area contributed by atoms with Gasteiger partial charge in [-0.2, -0.15) is 5.10 Å². The highest BCUT2D eigenvalue weighted by Crippen LogP contribution is 2.20. The maximum absolute atomic E-state index is 12.3. The van der Waals surface area contributed by atoms with Crippen molar-refractivity contribution in [2.24, 2.45) is 5.73 Å². The van der Waals surface area contributed by atoms with Gasteiger partial charge in [0.25, 0.3) is 0 Å². The van der Waals surface area contributed by atoms with Gasteiger partial charge in [0.2, 0.25) is 5.91 Å². The van der Waals surface area contributed by atoms with E-state index in [9.17, 15) is 4.79 Å². The van der Waals surface area contributed by atoms with Gasteiger partial charge in [-0.15, -0.1) is 5.10 Å². The van der Waals surface area contributed by atoms with Crippen LogP contribution in [0.15, 0.2) is 18.3 Å². The number of amides is 1. The summed E-state index contributed by atoms with van der Waals surface area (Å²) in [6.07, 6.45) is 5.39. The summed E-state index contributed by atoms with van der Waals surface area (Å²) < 4.78 is 0. The largest absolute Gasteiger partial charge is 0.353 e. The molecule has 0 radical (unpaired) electrons. The fourth-order valence-corrected chi connectivity index (χ4v) is 2.82. The molecule has 1 aromatic rings. The Morgan fingerprint density at radius 3 is 3.10 bits per heavy atom. The Kier molecular flexibility index (Phi) is 5.50. The van der Waals surface area contributed by atoms with Gasteiger partial charge >= 0.3 is 0 Å². The SMILES string of the molecule is CCCC(N)C(=O)N(C)C1CCCN(c2cccnn2)C1. The number of hydrogen-bond acceptors (Lipinski definition) is 5. The molecule has 2 N–H and O–H groups in total. The van der Waals surface area contributed by atoms with Crippen LogP contribution in [0, 0.1) is 0 Å². The molecule has 6 heteroatoms. The molecule has 1 amide bonds. The summed E-state index contributed by atoms with van der Waals surface area (Å²) in [7, 11) is 1.86. The molecule has 0 saturated carbocycles. The van der Waals surface area contributed by atoms with Gasteiger partial charge in [-0.25, -0.2) is 0 Å². The molecular weight excluding hydrogens is 266 g/mol. The lowest BCUT2D eigenvalue weighted by Gasteiger charge is -2.38. The van der Waals surface area contributed by atoms with Crippen LogP contribution in [0.1, 0.15) is 32.6 Å². The second kappa shape index (κ2) is 7.36. The summed E-state index contributed by atoms with van der Waals surface area (Å²) in [6, 6.07) is 3.65. The Morgan fingerprint density at radius 2 is 2.43 bits per heavy atom. The van der Waals surface area contributed by atoms with E-state index in [-0.39, 0.29) is 18.0 Å². The first-order chi connectivity index (χ1) is 10.1. The number of piperidine rings is 1. The maximum Gasteiger partial charge on any atom is 0.239 e. The standard InChI is InChI=1S/C15H25N5O/c1-3-6-13(16)15(21)19(2)12-7-5-10-20(11-12)14-8-4-9-17-18-14/h4,8-9,12-13H,3,5-7,10-11,16H2,1-2H3. The Balaban J connectivity index is 1.99. The number of likely N-dealkylation sites (N-methyl/N-ethyl adjacent to an activating group) is 1. The van der Waals surface area contributed by atoms with Crippen LogP contribution in [0.25, 0.3) is 0 Å². The molecule has 21 heavy (non-hydrogen) atoms. The minimum absolute atomic E-state index is 0.0443. The van der Waals surface area contributed by atoms with Crippen molar-refractivity contribution >= 4 is 11.7 Å². The number of rotatable bonds is 5. The van der Waals surface area contributed by atoms with Crippen molar-refractivity contribution in [1.29, 1.82) is 0 Å². The number of hydrogen-bond donors (Lipinski definition) is 1. The van der Waals surface area contributed by atoms with E-state index in [2.05, 4.69) is 15.1 Å². The fraction of sp³-hybridized carbons (Fsp3) is 0.667. The molecule has 2 rings (SSSR count). The molecule has 1 aliphatic heterocycles. The highest BCUT2D eigenvalue weighted by Gasteiger charge is 2.28. The van der Waals surface area contributed by atoms with Gasteiger partial charge < -0.3 is 15.5 Å². The van der Waals surface area contributed by atoms with E-state index in [4.69, 9.17) is 5.73 Å². The molecular formula is C15H25N5O. The number of aromatic nitrogens is 2. The minimum Gasteiger partial charge on any atom is -0.353 e. The smallest absolute Gasteiger partial charge is 0.239 e. The van der Waals surface area contributed by atoms with E-state index in [1.807, 2.05) is 31.0 Å². The number of carbonyl (C=O) groups excluding carboxylic acids is 1. The van der Waals surface area contributed by atoms with Crippen molar-refractivity contribution in [3.63, 3.8) is 0 Å². The highest BCUT2D eigenvalue weighted by atomic mass is 16.2. The van der Waals surface area contributed by atoms with Crippen molar-refractivity contribution in [2.75, 3.05) is 25.0 Å². The summed E-state index contributed by atoms with van der Waals surface area (Å²) in [5.41, 5.74) is 5.95. The topological polar surface area (TPSA) is 75.4 Å². The molecule has 1 saturated heterocycles. The Labute approximate surface area is 126 Å². The summed E-state index contributed by atoms with van der Waals surface area (Å²) in [5, 5.41) is 8.08. The number of anilines is 1. The number of carbonyl (C=O) groups is 1. The summed E-state index contributed by atoms with van der Waals surface area (Å²) in [4.78, 5) is 16.3. The summed E-state index contributed by atoms with van der Waals surface area (Å²) in [5.74, 6) is 0.920. The third-order valence-electron chi connectivity index (χ3n) is 4.09. The monoisotopic (exact) mass is 291 g/mol. The van der Waals surface area contributed by atoms with Gasteiger partial charge in [-0.05, 0) is 31.4 Å². The van der Waals surface area contributed by atoms with Crippen LogP contribution in [0.5, 0.6) is 0 Å². The molecule has 116 valence electrons. The van der Waals surface area contributed by atoms with Crippen molar-refractivity contribution < 1.29 is 4.79 Å². The van der Waals surface area contributed by atoms with Gasteiger partial charge in [0, 0.05) is 32.4 Å². The zero-order chi connectivity index (χ0) is 15.2. The lowest BCUT2D eigenvalue weighted by molar-refractivity contribution is -0.133. The second-order valence-corrected chi connectivity index (χ2v) is 5.67. The number of nitrogens with zero attached hydrogens (tertiary/aromatic N) is 4. The minimum atomic E-state index is -0.383. The van der Waals surface area contributed by atoms with E-state index in [1.165, 1.54) is 0 Å². The third-order valence-corrected chi connectivity index (χ3v) is 4.09. The maximum atomic E-state index is 12.3. The highest BCUT2D eigenvalue weighted by molar-refractivity contribution is 5.81. The van der Waals surface area contributed by atoms with Gasteiger partial charge in [0.15, 0.2) is 5.82 Å². The zero-order valence-corrected chi connectivity index (χ0v) is 12.9. The molecule has 2 heterocycles. The van der Waals surface area contributed by atoms with Crippen LogP contribution < -0.4 is 10.6 Å². The normalized spacial score (nSPS) is 20.1. The van der Waals surface area contributed by atoms with Crippen LogP contribution in [-0.2, 0) is 4.79 Å². The molecule has 0 aliphatic carbocycles. The summed E-state index contributed by atoms with van der Waals surface area (Å²) >= 11 is 0. The van der Waals surface area contributed by atoms with Crippen LogP contribution in [0.2, 0.25) is 0 Å². The summed E-state index contributed by atoms with van der Waals surface area (Å²) in [6.45, 7) is 3.79. The van der Waals surface area contributed by atoms with Crippen molar-refractivity contribution in [3.8, 4) is 0 Å². The fourth-order valence-electron chi connectivity index (χ4n) is 2.82. The molecule has 1 aromatic heterocycles. The quantitative estimate of drug-likeness (QED) is 0.877. The van der Waals surface area contributed by atoms with Gasteiger partial charge in [0.05, 0.1) is 6.04 Å². The third kappa shape index (κ3) is 3.91. The first kappa shape index (κ1) is 15.7. The lowest BCUT2D eigenvalue weighted by Crippen LogP contribution is -2.52. The van der Waals surface area contributed by atoms with Gasteiger partial charge in [-0.1, -0.05) is 13.3 Å². The predicted octanol–water partition coefficient (Wildman–Crippen LogP) is 1.03. The van der Waals surface area contributed by atoms with E-state index in [1.54, 1.807) is 6.20 Å². The van der Waals surface area contributed by atoms with Gasteiger partial charge in [-0.3, -0.25) is 4.79 Å². The molecule has 1 fully saturated rings. The second-order valence-electron chi connectivity index (χ2n) is 5.67. The predicted molar refractivity (Wildman–Crippen MR) is 82.9 cm³/mol. The Morgan fingerprint density at radius 1 is 1.62 bits per heavy atom. The van der Waals surface area contributed by atoms with Crippen molar-refractivity contribution in [3.05, 3.63) is 18.3 Å². The van der Waals surface area contributed by atoms with Crippen LogP contribution in [0.4, 0.5) is 5.82 Å². The molecule has 2 atom stereocenters.